The molecule has 0 aliphatic rings. The molecule has 0 bridgehead atoms. The summed E-state index contributed by atoms with van der Waals surface area (Å²) in [6, 6.07) is 2.01. The van der Waals surface area contributed by atoms with Crippen LogP contribution < -0.4 is 10.6 Å². The molecule has 0 aliphatic carbocycles. The van der Waals surface area contributed by atoms with Gasteiger partial charge in [0.1, 0.15) is 5.82 Å². The van der Waals surface area contributed by atoms with Gasteiger partial charge in [0.25, 0.3) is 0 Å². The van der Waals surface area contributed by atoms with Crippen molar-refractivity contribution in [2.75, 3.05) is 5.32 Å². The predicted octanol–water partition coefficient (Wildman–Crippen LogP) is 3.27. The normalized spacial score (nSPS) is 11.8. The molecule has 1 aromatic carbocycles. The number of halogens is 2. The summed E-state index contributed by atoms with van der Waals surface area (Å²) in [7, 11) is 0. The van der Waals surface area contributed by atoms with Crippen molar-refractivity contribution in [3.05, 3.63) is 28.0 Å². The second-order valence-electron chi connectivity index (χ2n) is 4.51. The maximum Gasteiger partial charge on any atom is 0.319 e. The first-order chi connectivity index (χ1) is 9.29. The van der Waals surface area contributed by atoms with Crippen LogP contribution in [-0.4, -0.2) is 23.1 Å². The third-order valence-electron chi connectivity index (χ3n) is 2.68. The van der Waals surface area contributed by atoms with Crippen LogP contribution in [-0.2, 0) is 4.79 Å². The van der Waals surface area contributed by atoms with E-state index in [2.05, 4.69) is 26.6 Å². The minimum Gasteiger partial charge on any atom is -0.481 e. The molecule has 1 atom stereocenters. The van der Waals surface area contributed by atoms with E-state index in [4.69, 9.17) is 5.11 Å². The largest absolute Gasteiger partial charge is 0.481 e. The Morgan fingerprint density at radius 1 is 1.45 bits per heavy atom. The number of carboxylic acid groups (broad SMARTS) is 1. The molecule has 20 heavy (non-hydrogen) atoms. The molecule has 3 N–H and O–H groups in total. The summed E-state index contributed by atoms with van der Waals surface area (Å²) < 4.78 is 13.7. The Balaban J connectivity index is 2.58. The van der Waals surface area contributed by atoms with Crippen LogP contribution in [0.4, 0.5) is 14.9 Å². The molecule has 0 aromatic heterocycles. The molecule has 1 unspecified atom stereocenters. The van der Waals surface area contributed by atoms with Crippen molar-refractivity contribution in [3.63, 3.8) is 0 Å². The molecule has 5 nitrogen and oxygen atoms in total. The first kappa shape index (κ1) is 16.4. The van der Waals surface area contributed by atoms with E-state index in [0.29, 0.717) is 22.1 Å². The standard InChI is InChI=1S/C13H16BrFN2O3/c1-7-5-9(14)10(15)6-11(7)17-13(20)16-8(2)3-4-12(18)19/h5-6,8H,3-4H2,1-2H3,(H,18,19)(H2,16,17,20). The molecular formula is C13H16BrFN2O3. The van der Waals surface area contributed by atoms with E-state index >= 15 is 0 Å². The molecule has 0 saturated carbocycles. The van der Waals surface area contributed by atoms with Crippen molar-refractivity contribution in [1.82, 2.24) is 5.32 Å². The van der Waals surface area contributed by atoms with Gasteiger partial charge in [0, 0.05) is 18.2 Å². The van der Waals surface area contributed by atoms with E-state index < -0.39 is 17.8 Å². The van der Waals surface area contributed by atoms with Gasteiger partial charge in [-0.2, -0.15) is 0 Å². The fraction of sp³-hybridized carbons (Fsp3) is 0.385. The minimum atomic E-state index is -0.912. The number of aryl methyl sites for hydroxylation is 1. The Labute approximate surface area is 124 Å². The van der Waals surface area contributed by atoms with Gasteiger partial charge in [0.2, 0.25) is 0 Å². The fourth-order valence-corrected chi connectivity index (χ4v) is 2.03. The number of nitrogens with one attached hydrogen (secondary N) is 2. The number of carbonyl (C=O) groups is 2. The van der Waals surface area contributed by atoms with E-state index in [9.17, 15) is 14.0 Å². The number of benzene rings is 1. The number of carboxylic acids is 1. The van der Waals surface area contributed by atoms with Crippen LogP contribution in [0, 0.1) is 12.7 Å². The lowest BCUT2D eigenvalue weighted by molar-refractivity contribution is -0.137. The first-order valence-electron chi connectivity index (χ1n) is 6.04. The molecule has 0 saturated heterocycles. The lowest BCUT2D eigenvalue weighted by Crippen LogP contribution is -2.36. The van der Waals surface area contributed by atoms with Crippen LogP contribution >= 0.6 is 15.9 Å². The van der Waals surface area contributed by atoms with E-state index in [1.54, 1.807) is 19.9 Å². The fourth-order valence-electron chi connectivity index (χ4n) is 1.58. The average molecular weight is 347 g/mol. The molecule has 1 aromatic rings. The van der Waals surface area contributed by atoms with Crippen molar-refractivity contribution >= 4 is 33.6 Å². The van der Waals surface area contributed by atoms with Gasteiger partial charge in [0.15, 0.2) is 0 Å². The van der Waals surface area contributed by atoms with Gasteiger partial charge in [-0.1, -0.05) is 0 Å². The molecule has 0 aliphatic heterocycles. The predicted molar refractivity (Wildman–Crippen MR) is 77.3 cm³/mol. The second kappa shape index (κ2) is 7.23. The summed E-state index contributed by atoms with van der Waals surface area (Å²) in [6.07, 6.45) is 0.309. The number of rotatable bonds is 5. The number of urea groups is 1. The van der Waals surface area contributed by atoms with Crippen LogP contribution in [0.15, 0.2) is 16.6 Å². The maximum atomic E-state index is 13.4. The Kier molecular flexibility index (Phi) is 5.94. The number of anilines is 1. The maximum absolute atomic E-state index is 13.4. The van der Waals surface area contributed by atoms with E-state index in [-0.39, 0.29) is 12.5 Å². The van der Waals surface area contributed by atoms with Crippen molar-refractivity contribution in [1.29, 1.82) is 0 Å². The average Bonchev–Trinajstić information content (AvgIpc) is 2.33. The third kappa shape index (κ3) is 5.16. The monoisotopic (exact) mass is 346 g/mol. The van der Waals surface area contributed by atoms with Crippen LogP contribution in [0.3, 0.4) is 0 Å². The highest BCUT2D eigenvalue weighted by Crippen LogP contribution is 2.23. The number of amides is 2. The molecule has 7 heteroatoms. The molecule has 110 valence electrons. The van der Waals surface area contributed by atoms with Crippen molar-refractivity contribution in [2.45, 2.75) is 32.7 Å². The van der Waals surface area contributed by atoms with E-state index in [0.717, 1.165) is 0 Å². The van der Waals surface area contributed by atoms with Gasteiger partial charge >= 0.3 is 12.0 Å². The summed E-state index contributed by atoms with van der Waals surface area (Å²) in [6.45, 7) is 3.45. The zero-order valence-electron chi connectivity index (χ0n) is 11.2. The first-order valence-corrected chi connectivity index (χ1v) is 6.84. The van der Waals surface area contributed by atoms with Gasteiger partial charge < -0.3 is 15.7 Å². The van der Waals surface area contributed by atoms with Crippen LogP contribution in [0.1, 0.15) is 25.3 Å². The molecular weight excluding hydrogens is 331 g/mol. The van der Waals surface area contributed by atoms with Crippen LogP contribution in [0.25, 0.3) is 0 Å². The molecule has 0 fully saturated rings. The van der Waals surface area contributed by atoms with Gasteiger partial charge in [-0.25, -0.2) is 9.18 Å². The SMILES string of the molecule is Cc1cc(Br)c(F)cc1NC(=O)NC(C)CCC(=O)O. The smallest absolute Gasteiger partial charge is 0.319 e. The van der Waals surface area contributed by atoms with Crippen molar-refractivity contribution < 1.29 is 19.1 Å². The van der Waals surface area contributed by atoms with Crippen LogP contribution in [0.5, 0.6) is 0 Å². The highest BCUT2D eigenvalue weighted by molar-refractivity contribution is 9.10. The van der Waals surface area contributed by atoms with Gasteiger partial charge in [-0.3, -0.25) is 4.79 Å². The summed E-state index contributed by atoms with van der Waals surface area (Å²) in [5.74, 6) is -1.38. The summed E-state index contributed by atoms with van der Waals surface area (Å²) >= 11 is 3.06. The van der Waals surface area contributed by atoms with Crippen molar-refractivity contribution in [3.8, 4) is 0 Å². The number of carbonyl (C=O) groups excluding carboxylic acids is 1. The van der Waals surface area contributed by atoms with Gasteiger partial charge in [-0.05, 0) is 53.9 Å². The van der Waals surface area contributed by atoms with Gasteiger partial charge in [-0.15, -0.1) is 0 Å². The second-order valence-corrected chi connectivity index (χ2v) is 5.37. The summed E-state index contributed by atoms with van der Waals surface area (Å²) in [4.78, 5) is 22.1. The zero-order valence-corrected chi connectivity index (χ0v) is 12.8. The Morgan fingerprint density at radius 2 is 2.10 bits per heavy atom. The number of aliphatic carboxylic acids is 1. The van der Waals surface area contributed by atoms with E-state index in [1.807, 2.05) is 0 Å². The third-order valence-corrected chi connectivity index (χ3v) is 3.29. The highest BCUT2D eigenvalue weighted by Gasteiger charge is 2.11. The minimum absolute atomic E-state index is 0.0205. The Bertz CT molecular complexity index is 523. The quantitative estimate of drug-likeness (QED) is 0.765. The Hall–Kier alpha value is -1.63. The van der Waals surface area contributed by atoms with Gasteiger partial charge in [0.05, 0.1) is 4.47 Å². The lowest BCUT2D eigenvalue weighted by atomic mass is 10.2. The molecule has 0 heterocycles. The molecule has 0 spiro atoms. The molecule has 2 amide bonds. The van der Waals surface area contributed by atoms with Crippen molar-refractivity contribution in [2.24, 2.45) is 0 Å². The van der Waals surface area contributed by atoms with Crippen LogP contribution in [0.2, 0.25) is 0 Å². The number of hydrogen-bond acceptors (Lipinski definition) is 2. The summed E-state index contributed by atoms with van der Waals surface area (Å²) in [5.41, 5.74) is 1.08. The highest BCUT2D eigenvalue weighted by atomic mass is 79.9. The zero-order chi connectivity index (χ0) is 15.3. The molecule has 1 rings (SSSR count). The lowest BCUT2D eigenvalue weighted by Gasteiger charge is -2.15. The topological polar surface area (TPSA) is 78.4 Å². The summed E-state index contributed by atoms with van der Waals surface area (Å²) in [5, 5.41) is 13.7. The van der Waals surface area contributed by atoms with E-state index in [1.165, 1.54) is 6.07 Å². The Morgan fingerprint density at radius 3 is 2.70 bits per heavy atom. The molecule has 0 radical (unpaired) electrons. The number of hydrogen-bond donors (Lipinski definition) is 3.